The Hall–Kier alpha value is -3.78. The SMILES string of the molecule is CC[C@H](C(=O)O)N1CCN([C@H](CCC(=O)NCC(O)CO)C(=O)O)CCN([C@H](CCC(=O)NCC(O)CO)C(=O)O)Cc2cccc(n2)C1. The molecule has 49 heavy (non-hydrogen) atoms. The Balaban J connectivity index is 2.43. The summed E-state index contributed by atoms with van der Waals surface area (Å²) in [4.78, 5) is 71.7. The largest absolute Gasteiger partial charge is 0.480 e. The first-order chi connectivity index (χ1) is 23.3. The zero-order chi connectivity index (χ0) is 36.5. The van der Waals surface area contributed by atoms with Crippen LogP contribution in [0.3, 0.4) is 0 Å². The summed E-state index contributed by atoms with van der Waals surface area (Å²) >= 11 is 0. The van der Waals surface area contributed by atoms with E-state index in [-0.39, 0.29) is 84.5 Å². The number of aliphatic carboxylic acids is 3. The maximum absolute atomic E-state index is 12.6. The molecular formula is C31H50N6O12. The molecule has 0 fully saturated rings. The molecule has 2 amide bonds. The van der Waals surface area contributed by atoms with Crippen molar-refractivity contribution in [2.24, 2.45) is 0 Å². The van der Waals surface area contributed by atoms with E-state index in [4.69, 9.17) is 10.2 Å². The number of carbonyl (C=O) groups is 5. The number of carbonyl (C=O) groups excluding carboxylic acids is 2. The van der Waals surface area contributed by atoms with Gasteiger partial charge in [-0.2, -0.15) is 0 Å². The highest BCUT2D eigenvalue weighted by molar-refractivity contribution is 5.79. The number of nitrogens with zero attached hydrogens (tertiary/aromatic N) is 4. The van der Waals surface area contributed by atoms with Crippen molar-refractivity contribution in [3.63, 3.8) is 0 Å². The smallest absolute Gasteiger partial charge is 0.320 e. The number of carboxylic acid groups (broad SMARTS) is 3. The molecule has 0 aliphatic carbocycles. The van der Waals surface area contributed by atoms with E-state index < -0.39 is 73.3 Å². The Kier molecular flexibility index (Phi) is 18.0. The van der Waals surface area contributed by atoms with E-state index in [1.807, 2.05) is 0 Å². The predicted molar refractivity (Wildman–Crippen MR) is 172 cm³/mol. The Labute approximate surface area is 284 Å². The third-order valence-electron chi connectivity index (χ3n) is 8.29. The number of rotatable bonds is 19. The number of hydrogen-bond acceptors (Lipinski definition) is 13. The maximum Gasteiger partial charge on any atom is 0.320 e. The van der Waals surface area contributed by atoms with Gasteiger partial charge in [-0.15, -0.1) is 0 Å². The summed E-state index contributed by atoms with van der Waals surface area (Å²) in [6.07, 6.45) is -2.84. The summed E-state index contributed by atoms with van der Waals surface area (Å²) in [6, 6.07) is 1.80. The second kappa shape index (κ2) is 21.3. The number of amides is 2. The maximum atomic E-state index is 12.6. The van der Waals surface area contributed by atoms with Crippen molar-refractivity contribution in [2.75, 3.05) is 52.5 Å². The molecule has 2 rings (SSSR count). The minimum Gasteiger partial charge on any atom is -0.480 e. The molecule has 18 nitrogen and oxygen atoms in total. The zero-order valence-corrected chi connectivity index (χ0v) is 27.7. The summed E-state index contributed by atoms with van der Waals surface area (Å²) < 4.78 is 0. The van der Waals surface area contributed by atoms with Gasteiger partial charge in [0.1, 0.15) is 18.1 Å². The average molecular weight is 699 g/mol. The minimum absolute atomic E-state index is 0.00211. The number of pyridine rings is 1. The zero-order valence-electron chi connectivity index (χ0n) is 27.7. The van der Waals surface area contributed by atoms with Crippen molar-refractivity contribution < 1.29 is 59.7 Å². The number of aliphatic hydroxyl groups excluding tert-OH is 4. The standard InChI is InChI=1S/C31H50N6O12/c1-2-24(29(44)45)36-12-10-35(25(30(46)47)6-8-27(42)32-14-22(40)18-38)11-13-37(17-21-5-3-4-20(16-36)34-21)26(31(48)49)7-9-28(43)33-15-23(41)19-39/h3-5,22-26,38-41H,2,6-19H2,1H3,(H,32,42)(H,33,43)(H,44,45)(H,46,47)(H,48,49)/t22?,23?,24-,25-,26-/m1/s1. The molecule has 0 aromatic carbocycles. The minimum atomic E-state index is -1.25. The van der Waals surface area contributed by atoms with Crippen molar-refractivity contribution >= 4 is 29.7 Å². The fraction of sp³-hybridized carbons (Fsp3) is 0.677. The Morgan fingerprint density at radius 2 is 1.08 bits per heavy atom. The van der Waals surface area contributed by atoms with Crippen LogP contribution < -0.4 is 10.6 Å². The third kappa shape index (κ3) is 14.3. The number of fused-ring (bicyclic) bond motifs is 2. The van der Waals surface area contributed by atoms with Crippen molar-refractivity contribution in [1.29, 1.82) is 0 Å². The molecule has 5 atom stereocenters. The van der Waals surface area contributed by atoms with Crippen LogP contribution in [-0.2, 0) is 37.1 Å². The Morgan fingerprint density at radius 1 is 0.694 bits per heavy atom. The fourth-order valence-electron chi connectivity index (χ4n) is 5.57. The van der Waals surface area contributed by atoms with E-state index in [1.54, 1.807) is 39.8 Å². The van der Waals surface area contributed by atoms with Gasteiger partial charge in [-0.3, -0.25) is 43.7 Å². The summed E-state index contributed by atoms with van der Waals surface area (Å²) in [7, 11) is 0. The van der Waals surface area contributed by atoms with Gasteiger partial charge in [0.2, 0.25) is 11.8 Å². The van der Waals surface area contributed by atoms with Crippen LogP contribution in [0.2, 0.25) is 0 Å². The molecule has 2 heterocycles. The van der Waals surface area contributed by atoms with Crippen molar-refractivity contribution in [3.05, 3.63) is 29.6 Å². The molecule has 1 aromatic heterocycles. The van der Waals surface area contributed by atoms with Crippen molar-refractivity contribution in [3.8, 4) is 0 Å². The van der Waals surface area contributed by atoms with E-state index in [2.05, 4.69) is 15.6 Å². The Bertz CT molecular complexity index is 1240. The van der Waals surface area contributed by atoms with Crippen LogP contribution in [0.5, 0.6) is 0 Å². The molecule has 1 aliphatic rings. The molecule has 9 N–H and O–H groups in total. The number of hydrogen-bond donors (Lipinski definition) is 9. The molecule has 1 aliphatic heterocycles. The van der Waals surface area contributed by atoms with Crippen LogP contribution in [0, 0.1) is 0 Å². The van der Waals surface area contributed by atoms with Crippen molar-refractivity contribution in [1.82, 2.24) is 30.3 Å². The molecule has 276 valence electrons. The first-order valence-electron chi connectivity index (χ1n) is 16.3. The second-order valence-electron chi connectivity index (χ2n) is 11.9. The second-order valence-corrected chi connectivity index (χ2v) is 11.9. The average Bonchev–Trinajstić information content (AvgIpc) is 3.05. The van der Waals surface area contributed by atoms with Gasteiger partial charge in [0.05, 0.1) is 36.8 Å². The molecule has 0 saturated heterocycles. The van der Waals surface area contributed by atoms with Crippen LogP contribution in [-0.4, -0.2) is 168 Å². The fourth-order valence-corrected chi connectivity index (χ4v) is 5.57. The van der Waals surface area contributed by atoms with E-state index in [0.717, 1.165) is 0 Å². The predicted octanol–water partition coefficient (Wildman–Crippen LogP) is -2.73. The topological polar surface area (TPSA) is 274 Å². The summed E-state index contributed by atoms with van der Waals surface area (Å²) in [6.45, 7) is 0.440. The van der Waals surface area contributed by atoms with Crippen LogP contribution in [0.25, 0.3) is 0 Å². The monoisotopic (exact) mass is 698 g/mol. The lowest BCUT2D eigenvalue weighted by atomic mass is 10.1. The highest BCUT2D eigenvalue weighted by Crippen LogP contribution is 2.18. The molecule has 2 bridgehead atoms. The van der Waals surface area contributed by atoms with Gasteiger partial charge in [-0.05, 0) is 31.4 Å². The van der Waals surface area contributed by atoms with E-state index in [9.17, 15) is 49.5 Å². The molecule has 0 saturated carbocycles. The normalized spacial score (nSPS) is 18.1. The van der Waals surface area contributed by atoms with E-state index >= 15 is 0 Å². The van der Waals surface area contributed by atoms with Crippen LogP contribution in [0.4, 0.5) is 0 Å². The lowest BCUT2D eigenvalue weighted by Gasteiger charge is -2.36. The number of aromatic nitrogens is 1. The van der Waals surface area contributed by atoms with Gasteiger partial charge in [-0.25, -0.2) is 0 Å². The van der Waals surface area contributed by atoms with Gasteiger partial charge < -0.3 is 46.4 Å². The highest BCUT2D eigenvalue weighted by atomic mass is 16.4. The molecular weight excluding hydrogens is 648 g/mol. The molecule has 0 spiro atoms. The van der Waals surface area contributed by atoms with Gasteiger partial charge in [0, 0.05) is 65.2 Å². The van der Waals surface area contributed by atoms with Crippen LogP contribution in [0.1, 0.15) is 50.4 Å². The van der Waals surface area contributed by atoms with Gasteiger partial charge in [0.15, 0.2) is 0 Å². The summed E-state index contributed by atoms with van der Waals surface area (Å²) in [5, 5.41) is 72.4. The van der Waals surface area contributed by atoms with Gasteiger partial charge in [-0.1, -0.05) is 13.0 Å². The quantitative estimate of drug-likeness (QED) is 0.0709. The highest BCUT2D eigenvalue weighted by Gasteiger charge is 2.33. The number of aliphatic hydroxyl groups is 4. The summed E-state index contributed by atoms with van der Waals surface area (Å²) in [5.41, 5.74) is 1.00. The lowest BCUT2D eigenvalue weighted by Crippen LogP contribution is -2.52. The van der Waals surface area contributed by atoms with Gasteiger partial charge in [0.25, 0.3) is 0 Å². The molecule has 2 unspecified atom stereocenters. The van der Waals surface area contributed by atoms with Crippen molar-refractivity contribution in [2.45, 2.75) is 82.5 Å². The van der Waals surface area contributed by atoms with E-state index in [0.29, 0.717) is 11.4 Å². The molecule has 0 radical (unpaired) electrons. The lowest BCUT2D eigenvalue weighted by molar-refractivity contribution is -0.147. The number of nitrogens with one attached hydrogen (secondary N) is 2. The number of carboxylic acids is 3. The first kappa shape index (κ1) is 41.4. The van der Waals surface area contributed by atoms with E-state index in [1.165, 1.54) is 0 Å². The third-order valence-corrected chi connectivity index (χ3v) is 8.29. The Morgan fingerprint density at radius 3 is 1.47 bits per heavy atom. The van der Waals surface area contributed by atoms with Crippen LogP contribution in [0.15, 0.2) is 18.2 Å². The van der Waals surface area contributed by atoms with Crippen LogP contribution >= 0.6 is 0 Å². The van der Waals surface area contributed by atoms with Gasteiger partial charge >= 0.3 is 17.9 Å². The molecule has 18 heteroatoms. The first-order valence-corrected chi connectivity index (χ1v) is 16.3. The summed E-state index contributed by atoms with van der Waals surface area (Å²) in [5.74, 6) is -4.61. The molecule has 1 aromatic rings.